The molecule has 2 aromatic heterocycles. The van der Waals surface area contributed by atoms with E-state index >= 15 is 0 Å². The summed E-state index contributed by atoms with van der Waals surface area (Å²) < 4.78 is 5.71. The van der Waals surface area contributed by atoms with Crippen molar-refractivity contribution < 1.29 is 9.21 Å². The van der Waals surface area contributed by atoms with Crippen LogP contribution in [0.2, 0.25) is 0 Å². The lowest BCUT2D eigenvalue weighted by molar-refractivity contribution is -0.126. The van der Waals surface area contributed by atoms with Crippen LogP contribution in [0.4, 0.5) is 5.69 Å². The van der Waals surface area contributed by atoms with Crippen LogP contribution in [0.25, 0.3) is 17.0 Å². The van der Waals surface area contributed by atoms with Crippen molar-refractivity contribution in [2.45, 2.75) is 0 Å². The van der Waals surface area contributed by atoms with Gasteiger partial charge in [0.25, 0.3) is 0 Å². The fourth-order valence-electron chi connectivity index (χ4n) is 3.08. The van der Waals surface area contributed by atoms with Crippen LogP contribution >= 0.6 is 0 Å². The monoisotopic (exact) mass is 333 g/mol. The van der Waals surface area contributed by atoms with E-state index in [9.17, 15) is 4.79 Å². The molecule has 25 heavy (non-hydrogen) atoms. The van der Waals surface area contributed by atoms with Gasteiger partial charge in [-0.1, -0.05) is 18.2 Å². The minimum absolute atomic E-state index is 0.0230. The Morgan fingerprint density at radius 2 is 1.80 bits per heavy atom. The number of pyridine rings is 1. The van der Waals surface area contributed by atoms with E-state index in [-0.39, 0.29) is 5.91 Å². The number of fused-ring (bicyclic) bond motifs is 1. The standard InChI is InChI=1S/C20H19N3O2/c24-20(6-5-18-15-16-3-1-2-4-19(16)25-18)23-13-11-22(12-14-23)17-7-9-21-10-8-17/h1-10,15H,11-14H2/b6-5+. The molecule has 1 aliphatic heterocycles. The molecule has 1 amide bonds. The molecule has 0 saturated carbocycles. The fraction of sp³-hybridized carbons (Fsp3) is 0.200. The van der Waals surface area contributed by atoms with Crippen LogP contribution < -0.4 is 4.90 Å². The minimum Gasteiger partial charge on any atom is -0.457 e. The first kappa shape index (κ1) is 15.4. The molecule has 1 aromatic carbocycles. The molecule has 126 valence electrons. The molecule has 0 bridgehead atoms. The number of carbonyl (C=O) groups is 1. The maximum absolute atomic E-state index is 12.4. The first-order chi connectivity index (χ1) is 12.3. The third kappa shape index (κ3) is 3.40. The number of piperazine rings is 1. The Labute approximate surface area is 146 Å². The van der Waals surface area contributed by atoms with Gasteiger partial charge in [-0.15, -0.1) is 0 Å². The second-order valence-corrected chi connectivity index (χ2v) is 6.04. The van der Waals surface area contributed by atoms with Crippen LogP contribution in [0.3, 0.4) is 0 Å². The number of para-hydroxylation sites is 1. The summed E-state index contributed by atoms with van der Waals surface area (Å²) in [6, 6.07) is 13.8. The summed E-state index contributed by atoms with van der Waals surface area (Å²) in [6.45, 7) is 3.08. The zero-order valence-corrected chi connectivity index (χ0v) is 13.8. The summed E-state index contributed by atoms with van der Waals surface area (Å²) in [4.78, 5) is 20.6. The van der Waals surface area contributed by atoms with Crippen molar-refractivity contribution in [1.29, 1.82) is 0 Å². The summed E-state index contributed by atoms with van der Waals surface area (Å²) in [5, 5.41) is 1.04. The molecule has 0 spiro atoms. The fourth-order valence-corrected chi connectivity index (χ4v) is 3.08. The van der Waals surface area contributed by atoms with Crippen molar-refractivity contribution in [3.63, 3.8) is 0 Å². The average Bonchev–Trinajstić information content (AvgIpc) is 3.10. The highest BCUT2D eigenvalue weighted by Crippen LogP contribution is 2.20. The van der Waals surface area contributed by atoms with Crippen molar-refractivity contribution in [3.05, 3.63) is 66.7 Å². The van der Waals surface area contributed by atoms with Crippen molar-refractivity contribution in [1.82, 2.24) is 9.88 Å². The molecule has 3 heterocycles. The summed E-state index contributed by atoms with van der Waals surface area (Å²) in [5.41, 5.74) is 1.99. The number of amides is 1. The first-order valence-electron chi connectivity index (χ1n) is 8.40. The Hall–Kier alpha value is -3.08. The van der Waals surface area contributed by atoms with Crippen molar-refractivity contribution in [2.75, 3.05) is 31.1 Å². The van der Waals surface area contributed by atoms with Gasteiger partial charge in [0.05, 0.1) is 0 Å². The molecule has 0 aliphatic carbocycles. The minimum atomic E-state index is 0.0230. The number of hydrogen-bond donors (Lipinski definition) is 0. The van der Waals surface area contributed by atoms with Crippen molar-refractivity contribution in [3.8, 4) is 0 Å². The van der Waals surface area contributed by atoms with E-state index in [4.69, 9.17) is 4.42 Å². The van der Waals surface area contributed by atoms with Crippen LogP contribution in [0.1, 0.15) is 5.76 Å². The van der Waals surface area contributed by atoms with Gasteiger partial charge in [-0.05, 0) is 30.3 Å². The first-order valence-corrected chi connectivity index (χ1v) is 8.40. The molecular formula is C20H19N3O2. The Morgan fingerprint density at radius 3 is 2.56 bits per heavy atom. The van der Waals surface area contributed by atoms with E-state index in [0.717, 1.165) is 29.7 Å². The maximum Gasteiger partial charge on any atom is 0.246 e. The van der Waals surface area contributed by atoms with Gasteiger partial charge in [0, 0.05) is 55.7 Å². The molecule has 5 heteroatoms. The van der Waals surface area contributed by atoms with Gasteiger partial charge in [0.15, 0.2) is 0 Å². The lowest BCUT2D eigenvalue weighted by Crippen LogP contribution is -2.48. The highest BCUT2D eigenvalue weighted by molar-refractivity contribution is 5.92. The normalized spacial score (nSPS) is 15.2. The third-order valence-electron chi connectivity index (χ3n) is 4.45. The molecule has 0 N–H and O–H groups in total. The molecule has 1 fully saturated rings. The van der Waals surface area contributed by atoms with Gasteiger partial charge >= 0.3 is 0 Å². The molecule has 5 nitrogen and oxygen atoms in total. The second-order valence-electron chi connectivity index (χ2n) is 6.04. The highest BCUT2D eigenvalue weighted by atomic mass is 16.3. The second kappa shape index (κ2) is 6.81. The van der Waals surface area contributed by atoms with E-state index in [1.807, 2.05) is 47.4 Å². The number of anilines is 1. The number of rotatable bonds is 3. The van der Waals surface area contributed by atoms with Gasteiger partial charge in [-0.2, -0.15) is 0 Å². The zero-order valence-electron chi connectivity index (χ0n) is 13.8. The average molecular weight is 333 g/mol. The van der Waals surface area contributed by atoms with E-state index < -0.39 is 0 Å². The zero-order chi connectivity index (χ0) is 17.1. The molecule has 0 atom stereocenters. The number of benzene rings is 1. The topological polar surface area (TPSA) is 49.6 Å². The van der Waals surface area contributed by atoms with Crippen molar-refractivity contribution >= 4 is 28.6 Å². The van der Waals surface area contributed by atoms with Crippen LogP contribution in [0.15, 0.2) is 65.4 Å². The summed E-state index contributed by atoms with van der Waals surface area (Å²) >= 11 is 0. The van der Waals surface area contributed by atoms with E-state index in [0.29, 0.717) is 18.8 Å². The Kier molecular flexibility index (Phi) is 4.21. The van der Waals surface area contributed by atoms with Gasteiger partial charge in [0.2, 0.25) is 5.91 Å². The van der Waals surface area contributed by atoms with Crippen LogP contribution in [0, 0.1) is 0 Å². The smallest absolute Gasteiger partial charge is 0.246 e. The summed E-state index contributed by atoms with van der Waals surface area (Å²) in [5.74, 6) is 0.722. The third-order valence-corrected chi connectivity index (χ3v) is 4.45. The molecular weight excluding hydrogens is 314 g/mol. The lowest BCUT2D eigenvalue weighted by Gasteiger charge is -2.35. The van der Waals surface area contributed by atoms with E-state index in [2.05, 4.69) is 9.88 Å². The quantitative estimate of drug-likeness (QED) is 0.691. The van der Waals surface area contributed by atoms with Crippen LogP contribution in [-0.4, -0.2) is 42.0 Å². The number of hydrogen-bond acceptors (Lipinski definition) is 4. The lowest BCUT2D eigenvalue weighted by atomic mass is 10.2. The van der Waals surface area contributed by atoms with Gasteiger partial charge < -0.3 is 14.2 Å². The molecule has 3 aromatic rings. The Balaban J connectivity index is 1.37. The summed E-state index contributed by atoms with van der Waals surface area (Å²) in [6.07, 6.45) is 6.93. The van der Waals surface area contributed by atoms with Gasteiger partial charge in [0.1, 0.15) is 11.3 Å². The number of nitrogens with zero attached hydrogens (tertiary/aromatic N) is 3. The molecule has 4 rings (SSSR count). The van der Waals surface area contributed by atoms with E-state index in [1.54, 1.807) is 24.5 Å². The molecule has 1 aliphatic rings. The number of furan rings is 1. The van der Waals surface area contributed by atoms with Gasteiger partial charge in [-0.25, -0.2) is 0 Å². The number of aromatic nitrogens is 1. The van der Waals surface area contributed by atoms with E-state index in [1.165, 1.54) is 0 Å². The predicted octanol–water partition coefficient (Wildman–Crippen LogP) is 3.19. The highest BCUT2D eigenvalue weighted by Gasteiger charge is 2.19. The Bertz CT molecular complexity index is 860. The number of carbonyl (C=O) groups excluding carboxylic acids is 1. The van der Waals surface area contributed by atoms with Gasteiger partial charge in [-0.3, -0.25) is 9.78 Å². The molecule has 1 saturated heterocycles. The van der Waals surface area contributed by atoms with Crippen LogP contribution in [0.5, 0.6) is 0 Å². The SMILES string of the molecule is O=C(/C=C/c1cc2ccccc2o1)N1CCN(c2ccncc2)CC1. The molecule has 0 unspecified atom stereocenters. The van der Waals surface area contributed by atoms with Crippen molar-refractivity contribution in [2.24, 2.45) is 0 Å². The maximum atomic E-state index is 12.4. The Morgan fingerprint density at radius 1 is 1.04 bits per heavy atom. The largest absolute Gasteiger partial charge is 0.457 e. The summed E-state index contributed by atoms with van der Waals surface area (Å²) in [7, 11) is 0. The predicted molar refractivity (Wildman–Crippen MR) is 98.3 cm³/mol. The molecule has 0 radical (unpaired) electrons. The van der Waals surface area contributed by atoms with Crippen LogP contribution in [-0.2, 0) is 4.79 Å².